The van der Waals surface area contributed by atoms with Crippen LogP contribution in [0.1, 0.15) is 18.5 Å². The zero-order chi connectivity index (χ0) is 12.5. The van der Waals surface area contributed by atoms with Crippen LogP contribution < -0.4 is 0 Å². The Bertz CT molecular complexity index is 629. The lowest BCUT2D eigenvalue weighted by molar-refractivity contribution is 0.316. The first-order valence-corrected chi connectivity index (χ1v) is 5.53. The van der Waals surface area contributed by atoms with E-state index >= 15 is 0 Å². The van der Waals surface area contributed by atoms with Crippen molar-refractivity contribution < 1.29 is 5.21 Å². The molecule has 1 aromatic heterocycles. The third-order valence-electron chi connectivity index (χ3n) is 2.92. The van der Waals surface area contributed by atoms with E-state index in [0.717, 1.165) is 5.56 Å². The molecule has 0 fully saturated rings. The predicted molar refractivity (Wildman–Crippen MR) is 66.6 cm³/mol. The Hall–Kier alpha value is -2.50. The molecule has 2 heterocycles. The van der Waals surface area contributed by atoms with E-state index in [0.29, 0.717) is 17.4 Å². The van der Waals surface area contributed by atoms with Gasteiger partial charge in [-0.3, -0.25) is 0 Å². The minimum atomic E-state index is -0.286. The van der Waals surface area contributed by atoms with Crippen LogP contribution in [-0.2, 0) is 0 Å². The van der Waals surface area contributed by atoms with Gasteiger partial charge in [-0.25, -0.2) is 9.67 Å². The highest BCUT2D eigenvalue weighted by molar-refractivity contribution is 6.44. The predicted octanol–water partition coefficient (Wildman–Crippen LogP) is 1.80. The van der Waals surface area contributed by atoms with Crippen molar-refractivity contribution in [2.75, 3.05) is 0 Å². The summed E-state index contributed by atoms with van der Waals surface area (Å²) in [6.45, 7) is 1.79. The van der Waals surface area contributed by atoms with Crippen molar-refractivity contribution in [3.05, 3.63) is 42.2 Å². The van der Waals surface area contributed by atoms with Crippen molar-refractivity contribution in [2.45, 2.75) is 13.0 Å². The fourth-order valence-corrected chi connectivity index (χ4v) is 2.09. The average molecular weight is 241 g/mol. The lowest BCUT2D eigenvalue weighted by atomic mass is 9.98. The van der Waals surface area contributed by atoms with Crippen molar-refractivity contribution >= 4 is 17.4 Å². The lowest BCUT2D eigenvalue weighted by Crippen LogP contribution is -2.30. The molecule has 2 aromatic rings. The maximum absolute atomic E-state index is 9.20. The number of rotatable bonds is 1. The Balaban J connectivity index is 2.21. The van der Waals surface area contributed by atoms with Gasteiger partial charge in [0.25, 0.3) is 0 Å². The second kappa shape index (κ2) is 4.06. The molecular formula is C12H11N5O. The normalized spacial score (nSPS) is 20.6. The molecule has 0 saturated carbocycles. The second-order valence-corrected chi connectivity index (χ2v) is 4.00. The van der Waals surface area contributed by atoms with Crippen LogP contribution in [-0.4, -0.2) is 31.4 Å². The van der Waals surface area contributed by atoms with Gasteiger partial charge in [-0.2, -0.15) is 10.1 Å². The lowest BCUT2D eigenvalue weighted by Gasteiger charge is -2.23. The molecule has 1 aliphatic heterocycles. The molecule has 0 aliphatic carbocycles. The average Bonchev–Trinajstić information content (AvgIpc) is 2.85. The number of benzene rings is 1. The number of nitrogens with zero attached hydrogens (tertiary/aromatic N) is 5. The molecule has 18 heavy (non-hydrogen) atoms. The standard InChI is InChI=1S/C12H11N5O/c1-8-10(16-18)11(9-5-3-2-4-6-9)17-12(15-8)13-7-14-17/h2-7,11,18H,1H3/b16-10+/t11-/m0/s1. The summed E-state index contributed by atoms with van der Waals surface area (Å²) in [7, 11) is 0. The molecule has 6 nitrogen and oxygen atoms in total. The van der Waals surface area contributed by atoms with Gasteiger partial charge in [0.2, 0.25) is 5.95 Å². The number of fused-ring (bicyclic) bond motifs is 1. The van der Waals surface area contributed by atoms with Crippen molar-refractivity contribution in [3.8, 4) is 0 Å². The zero-order valence-corrected chi connectivity index (χ0v) is 9.72. The summed E-state index contributed by atoms with van der Waals surface area (Å²) in [5.41, 5.74) is 2.11. The van der Waals surface area contributed by atoms with Gasteiger partial charge in [0.1, 0.15) is 18.1 Å². The third-order valence-corrected chi connectivity index (χ3v) is 2.92. The molecule has 6 heteroatoms. The fourth-order valence-electron chi connectivity index (χ4n) is 2.09. The topological polar surface area (TPSA) is 75.7 Å². The largest absolute Gasteiger partial charge is 0.411 e. The third kappa shape index (κ3) is 1.50. The van der Waals surface area contributed by atoms with E-state index < -0.39 is 0 Å². The van der Waals surface area contributed by atoms with Gasteiger partial charge < -0.3 is 5.21 Å². The molecule has 0 amide bonds. The zero-order valence-electron chi connectivity index (χ0n) is 9.72. The van der Waals surface area contributed by atoms with Gasteiger partial charge >= 0.3 is 0 Å². The summed E-state index contributed by atoms with van der Waals surface area (Å²) in [6, 6.07) is 9.43. The molecule has 90 valence electrons. The van der Waals surface area contributed by atoms with Crippen molar-refractivity contribution in [3.63, 3.8) is 0 Å². The summed E-state index contributed by atoms with van der Waals surface area (Å²) in [5.74, 6) is 0.522. The first kappa shape index (κ1) is 10.6. The Morgan fingerprint density at radius 2 is 2.06 bits per heavy atom. The SMILES string of the molecule is CC1=Nc2ncnn2[C@@H](c2ccccc2)/C1=N/O. The minimum absolute atomic E-state index is 0.286. The highest BCUT2D eigenvalue weighted by atomic mass is 16.4. The van der Waals surface area contributed by atoms with E-state index in [9.17, 15) is 5.21 Å². The Morgan fingerprint density at radius 1 is 1.28 bits per heavy atom. The van der Waals surface area contributed by atoms with Gasteiger partial charge in [0.15, 0.2) is 0 Å². The number of oxime groups is 1. The van der Waals surface area contributed by atoms with Crippen LogP contribution in [0.2, 0.25) is 0 Å². The molecule has 1 atom stereocenters. The maximum Gasteiger partial charge on any atom is 0.249 e. The Kier molecular flexibility index (Phi) is 2.40. The Morgan fingerprint density at radius 3 is 2.78 bits per heavy atom. The van der Waals surface area contributed by atoms with E-state index in [-0.39, 0.29) is 6.04 Å². The van der Waals surface area contributed by atoms with E-state index in [2.05, 4.69) is 20.2 Å². The minimum Gasteiger partial charge on any atom is -0.411 e. The van der Waals surface area contributed by atoms with Crippen LogP contribution in [0, 0.1) is 0 Å². The molecule has 0 radical (unpaired) electrons. The maximum atomic E-state index is 9.20. The van der Waals surface area contributed by atoms with Crippen molar-refractivity contribution in [1.29, 1.82) is 0 Å². The van der Waals surface area contributed by atoms with Crippen LogP contribution in [0.15, 0.2) is 46.8 Å². The quantitative estimate of drug-likeness (QED) is 0.611. The first-order valence-electron chi connectivity index (χ1n) is 5.53. The monoisotopic (exact) mass is 241 g/mol. The summed E-state index contributed by atoms with van der Waals surface area (Å²) < 4.78 is 1.65. The van der Waals surface area contributed by atoms with Crippen LogP contribution in [0.5, 0.6) is 0 Å². The van der Waals surface area contributed by atoms with E-state index in [1.54, 1.807) is 11.6 Å². The van der Waals surface area contributed by atoms with Gasteiger partial charge in [-0.15, -0.1) is 0 Å². The van der Waals surface area contributed by atoms with Crippen LogP contribution in [0.25, 0.3) is 0 Å². The summed E-state index contributed by atoms with van der Waals surface area (Å²) in [5, 5.41) is 16.7. The number of hydrogen-bond acceptors (Lipinski definition) is 5. The van der Waals surface area contributed by atoms with Crippen molar-refractivity contribution in [2.24, 2.45) is 10.1 Å². The molecule has 0 saturated heterocycles. The smallest absolute Gasteiger partial charge is 0.249 e. The number of hydrogen-bond donors (Lipinski definition) is 1. The number of aromatic nitrogens is 3. The number of aliphatic imine (C=N–C) groups is 1. The van der Waals surface area contributed by atoms with Crippen LogP contribution in [0.4, 0.5) is 5.95 Å². The first-order chi connectivity index (χ1) is 8.81. The molecule has 0 spiro atoms. The van der Waals surface area contributed by atoms with Gasteiger partial charge in [0, 0.05) is 0 Å². The molecule has 1 N–H and O–H groups in total. The summed E-state index contributed by atoms with van der Waals surface area (Å²) in [4.78, 5) is 8.33. The van der Waals surface area contributed by atoms with E-state index in [1.807, 2.05) is 30.3 Å². The van der Waals surface area contributed by atoms with Crippen LogP contribution in [0.3, 0.4) is 0 Å². The van der Waals surface area contributed by atoms with Crippen molar-refractivity contribution in [1.82, 2.24) is 14.8 Å². The highest BCUT2D eigenvalue weighted by Gasteiger charge is 2.30. The molecule has 0 bridgehead atoms. The summed E-state index contributed by atoms with van der Waals surface area (Å²) in [6.07, 6.45) is 1.45. The second-order valence-electron chi connectivity index (χ2n) is 4.00. The van der Waals surface area contributed by atoms with E-state index in [4.69, 9.17) is 0 Å². The highest BCUT2D eigenvalue weighted by Crippen LogP contribution is 2.28. The Labute approximate surface area is 103 Å². The summed E-state index contributed by atoms with van der Waals surface area (Å²) >= 11 is 0. The molecule has 0 unspecified atom stereocenters. The van der Waals surface area contributed by atoms with Gasteiger partial charge in [-0.1, -0.05) is 35.5 Å². The molecule has 1 aliphatic rings. The van der Waals surface area contributed by atoms with Crippen LogP contribution >= 0.6 is 0 Å². The molecular weight excluding hydrogens is 230 g/mol. The van der Waals surface area contributed by atoms with Gasteiger partial charge in [0.05, 0.1) is 5.71 Å². The van der Waals surface area contributed by atoms with E-state index in [1.165, 1.54) is 6.33 Å². The molecule has 3 rings (SSSR count). The van der Waals surface area contributed by atoms with Gasteiger partial charge in [-0.05, 0) is 12.5 Å². The molecule has 1 aromatic carbocycles. The fraction of sp³-hybridized carbons (Fsp3) is 0.167.